The van der Waals surface area contributed by atoms with Gasteiger partial charge in [-0.15, -0.1) is 0 Å². The number of nitrogen functional groups attached to an aromatic ring is 1. The maximum absolute atomic E-state index is 11.3. The number of hydrogen-bond acceptors (Lipinski definition) is 5. The lowest BCUT2D eigenvalue weighted by Crippen LogP contribution is -2.23. The molecule has 112 valence electrons. The Balaban J connectivity index is 2.31. The van der Waals surface area contributed by atoms with Crippen molar-refractivity contribution in [1.29, 1.82) is 0 Å². The van der Waals surface area contributed by atoms with Gasteiger partial charge in [0.15, 0.2) is 0 Å². The number of benzene rings is 1. The molecule has 1 heterocycles. The molecule has 0 atom stereocenters. The normalized spacial score (nSPS) is 11.3. The molecule has 0 saturated carbocycles. The first kappa shape index (κ1) is 15.3. The third-order valence-corrected chi connectivity index (χ3v) is 4.08. The average Bonchev–Trinajstić information content (AvgIpc) is 2.45. The molecule has 1 aromatic heterocycles. The number of anilines is 2. The Hall–Kier alpha value is -2.12. The molecule has 0 aliphatic heterocycles. The zero-order valence-corrected chi connectivity index (χ0v) is 12.5. The number of rotatable bonds is 5. The highest BCUT2D eigenvalue weighted by Crippen LogP contribution is 2.27. The van der Waals surface area contributed by atoms with E-state index in [1.165, 1.54) is 12.1 Å². The van der Waals surface area contributed by atoms with E-state index in [9.17, 15) is 8.42 Å². The van der Waals surface area contributed by atoms with Crippen LogP contribution in [-0.4, -0.2) is 19.9 Å². The molecule has 6 nitrogen and oxygen atoms in total. The number of nitrogens with zero attached hydrogens (tertiary/aromatic N) is 2. The molecule has 0 amide bonds. The molecule has 1 aromatic carbocycles. The molecule has 2 rings (SSSR count). The number of pyridine rings is 1. The van der Waals surface area contributed by atoms with Crippen molar-refractivity contribution in [2.24, 2.45) is 5.14 Å². The van der Waals surface area contributed by atoms with Crippen molar-refractivity contribution < 1.29 is 8.42 Å². The summed E-state index contributed by atoms with van der Waals surface area (Å²) in [6, 6.07) is 8.39. The molecule has 21 heavy (non-hydrogen) atoms. The lowest BCUT2D eigenvalue weighted by atomic mass is 10.2. The van der Waals surface area contributed by atoms with E-state index >= 15 is 0 Å². The summed E-state index contributed by atoms with van der Waals surface area (Å²) in [7, 11) is -3.74. The lowest BCUT2D eigenvalue weighted by molar-refractivity contribution is 0.598. The first-order chi connectivity index (χ1) is 9.91. The van der Waals surface area contributed by atoms with E-state index in [4.69, 9.17) is 10.9 Å². The number of primary sulfonamides is 1. The number of aromatic nitrogens is 1. The van der Waals surface area contributed by atoms with Crippen LogP contribution < -0.4 is 15.8 Å². The molecular formula is C14H18N4O2S. The second kappa shape index (κ2) is 6.11. The molecule has 0 aliphatic rings. The minimum atomic E-state index is -3.74. The molecule has 0 radical (unpaired) electrons. The van der Waals surface area contributed by atoms with Crippen molar-refractivity contribution in [1.82, 2.24) is 4.98 Å². The summed E-state index contributed by atoms with van der Waals surface area (Å²) >= 11 is 0. The van der Waals surface area contributed by atoms with Crippen LogP contribution in [0.2, 0.25) is 0 Å². The highest BCUT2D eigenvalue weighted by molar-refractivity contribution is 7.89. The van der Waals surface area contributed by atoms with Crippen LogP contribution in [0.1, 0.15) is 12.5 Å². The van der Waals surface area contributed by atoms with Gasteiger partial charge in [0.2, 0.25) is 10.0 Å². The standard InChI is InChI=1S/C14H18N4O2S/c1-2-18(10-11-5-7-17-8-6-11)14-4-3-12(9-13(14)15)21(16,19)20/h3-9H,2,10,15H2,1H3,(H2,16,19,20). The number of hydrogen-bond donors (Lipinski definition) is 2. The van der Waals surface area contributed by atoms with E-state index in [0.29, 0.717) is 12.2 Å². The zero-order valence-electron chi connectivity index (χ0n) is 11.7. The van der Waals surface area contributed by atoms with Crippen LogP contribution in [0.5, 0.6) is 0 Å². The van der Waals surface area contributed by atoms with E-state index in [2.05, 4.69) is 9.88 Å². The first-order valence-corrected chi connectivity index (χ1v) is 8.02. The predicted octanol–water partition coefficient (Wildman–Crippen LogP) is 1.34. The third-order valence-electron chi connectivity index (χ3n) is 3.17. The van der Waals surface area contributed by atoms with Gasteiger partial charge in [-0.05, 0) is 42.8 Å². The van der Waals surface area contributed by atoms with Crippen molar-refractivity contribution >= 4 is 21.4 Å². The van der Waals surface area contributed by atoms with Gasteiger partial charge < -0.3 is 10.6 Å². The Kier molecular flexibility index (Phi) is 4.44. The molecule has 0 spiro atoms. The van der Waals surface area contributed by atoms with Gasteiger partial charge >= 0.3 is 0 Å². The maximum atomic E-state index is 11.3. The van der Waals surface area contributed by atoms with Gasteiger partial charge in [0.25, 0.3) is 0 Å². The van der Waals surface area contributed by atoms with Gasteiger partial charge in [0.1, 0.15) is 0 Å². The van der Waals surface area contributed by atoms with E-state index in [-0.39, 0.29) is 4.90 Å². The quantitative estimate of drug-likeness (QED) is 0.811. The van der Waals surface area contributed by atoms with Crippen LogP contribution in [0.15, 0.2) is 47.6 Å². The Morgan fingerprint density at radius 2 is 1.86 bits per heavy atom. The summed E-state index contributed by atoms with van der Waals surface area (Å²) in [5.41, 5.74) is 8.24. The molecule has 0 aliphatic carbocycles. The smallest absolute Gasteiger partial charge is 0.238 e. The average molecular weight is 306 g/mol. The van der Waals surface area contributed by atoms with Gasteiger partial charge in [-0.1, -0.05) is 0 Å². The Labute approximate surface area is 124 Å². The van der Waals surface area contributed by atoms with Crippen LogP contribution in [0.3, 0.4) is 0 Å². The summed E-state index contributed by atoms with van der Waals surface area (Å²) in [5.74, 6) is 0. The number of nitrogens with two attached hydrogens (primary N) is 2. The van der Waals surface area contributed by atoms with Crippen LogP contribution in [-0.2, 0) is 16.6 Å². The van der Waals surface area contributed by atoms with Gasteiger partial charge in [-0.25, -0.2) is 13.6 Å². The van der Waals surface area contributed by atoms with Crippen LogP contribution >= 0.6 is 0 Å². The van der Waals surface area contributed by atoms with Crippen LogP contribution in [0, 0.1) is 0 Å². The minimum Gasteiger partial charge on any atom is -0.397 e. The van der Waals surface area contributed by atoms with Crippen molar-refractivity contribution in [3.63, 3.8) is 0 Å². The highest BCUT2D eigenvalue weighted by atomic mass is 32.2. The second-order valence-corrected chi connectivity index (χ2v) is 6.20. The highest BCUT2D eigenvalue weighted by Gasteiger charge is 2.13. The molecule has 0 saturated heterocycles. The predicted molar refractivity (Wildman–Crippen MR) is 83.2 cm³/mol. The SMILES string of the molecule is CCN(Cc1ccncc1)c1ccc(S(N)(=O)=O)cc1N. The summed E-state index contributed by atoms with van der Waals surface area (Å²) < 4.78 is 22.7. The first-order valence-electron chi connectivity index (χ1n) is 6.48. The fourth-order valence-corrected chi connectivity index (χ4v) is 2.62. The lowest BCUT2D eigenvalue weighted by Gasteiger charge is -2.25. The van der Waals surface area contributed by atoms with Gasteiger partial charge in [-0.3, -0.25) is 4.98 Å². The summed E-state index contributed by atoms with van der Waals surface area (Å²) in [6.07, 6.45) is 3.47. The molecule has 0 unspecified atom stereocenters. The van der Waals surface area contributed by atoms with E-state index < -0.39 is 10.0 Å². The summed E-state index contributed by atoms with van der Waals surface area (Å²) in [4.78, 5) is 6.05. The molecule has 7 heteroatoms. The van der Waals surface area contributed by atoms with E-state index in [1.807, 2.05) is 19.1 Å². The van der Waals surface area contributed by atoms with Crippen LogP contribution in [0.4, 0.5) is 11.4 Å². The minimum absolute atomic E-state index is 0.0173. The molecule has 4 N–H and O–H groups in total. The second-order valence-electron chi connectivity index (χ2n) is 4.64. The zero-order chi connectivity index (χ0) is 15.5. The Bertz CT molecular complexity index is 717. The molecular weight excluding hydrogens is 288 g/mol. The molecule has 0 bridgehead atoms. The fourth-order valence-electron chi connectivity index (χ4n) is 2.07. The van der Waals surface area contributed by atoms with E-state index in [0.717, 1.165) is 17.8 Å². The Morgan fingerprint density at radius 1 is 1.19 bits per heavy atom. The summed E-state index contributed by atoms with van der Waals surface area (Å²) in [6.45, 7) is 3.41. The molecule has 0 fully saturated rings. The Morgan fingerprint density at radius 3 is 2.38 bits per heavy atom. The van der Waals surface area contributed by atoms with Crippen molar-refractivity contribution in [3.8, 4) is 0 Å². The van der Waals surface area contributed by atoms with Gasteiger partial charge in [0.05, 0.1) is 16.3 Å². The third kappa shape index (κ3) is 3.71. The van der Waals surface area contributed by atoms with Crippen molar-refractivity contribution in [3.05, 3.63) is 48.3 Å². The van der Waals surface area contributed by atoms with Gasteiger partial charge in [-0.2, -0.15) is 0 Å². The molecule has 2 aromatic rings. The van der Waals surface area contributed by atoms with Crippen molar-refractivity contribution in [2.45, 2.75) is 18.4 Å². The fraction of sp³-hybridized carbons (Fsp3) is 0.214. The monoisotopic (exact) mass is 306 g/mol. The van der Waals surface area contributed by atoms with E-state index in [1.54, 1.807) is 18.5 Å². The topological polar surface area (TPSA) is 102 Å². The van der Waals surface area contributed by atoms with Crippen LogP contribution in [0.25, 0.3) is 0 Å². The largest absolute Gasteiger partial charge is 0.397 e. The van der Waals surface area contributed by atoms with Gasteiger partial charge in [0, 0.05) is 25.5 Å². The number of sulfonamides is 1. The summed E-state index contributed by atoms with van der Waals surface area (Å²) in [5, 5.41) is 5.10. The maximum Gasteiger partial charge on any atom is 0.238 e. The van der Waals surface area contributed by atoms with Crippen molar-refractivity contribution in [2.75, 3.05) is 17.2 Å².